The number of hydrogen-bond donors (Lipinski definition) is 6. The molecule has 0 bridgehead atoms. The molecule has 2 rings (SSSR count). The van der Waals surface area contributed by atoms with Crippen LogP contribution in [0.3, 0.4) is 0 Å². The first-order chi connectivity index (χ1) is 22.8. The average molecular weight is 688 g/mol. The molecule has 0 radical (unpaired) electrons. The van der Waals surface area contributed by atoms with E-state index in [1.54, 1.807) is 30.3 Å². The number of aliphatic carboxylic acids is 1. The van der Waals surface area contributed by atoms with E-state index >= 15 is 0 Å². The molecule has 48 heavy (non-hydrogen) atoms. The van der Waals surface area contributed by atoms with E-state index in [0.29, 0.717) is 18.4 Å². The summed E-state index contributed by atoms with van der Waals surface area (Å²) in [5.74, 6) is 1.56. The minimum absolute atomic E-state index is 0.0814. The molecule has 1 aromatic heterocycles. The van der Waals surface area contributed by atoms with Crippen molar-refractivity contribution in [2.75, 3.05) is 39.2 Å². The summed E-state index contributed by atoms with van der Waals surface area (Å²) < 4.78 is 27.8. The van der Waals surface area contributed by atoms with E-state index in [9.17, 15) is 37.2 Å². The molecule has 0 saturated carbocycles. The highest BCUT2D eigenvalue weighted by Crippen LogP contribution is 2.04. The van der Waals surface area contributed by atoms with Crippen LogP contribution in [0.4, 0.5) is 0 Å². The molecule has 0 aliphatic rings. The second-order valence-electron chi connectivity index (χ2n) is 10.1. The summed E-state index contributed by atoms with van der Waals surface area (Å²) >= 11 is 0. The highest BCUT2D eigenvalue weighted by atomic mass is 32.2. The number of amides is 5. The lowest BCUT2D eigenvalue weighted by molar-refractivity contribution is -0.138. The Kier molecular flexibility index (Phi) is 16.7. The van der Waals surface area contributed by atoms with Crippen molar-refractivity contribution in [3.8, 4) is 11.8 Å². The fourth-order valence-corrected chi connectivity index (χ4v) is 4.09. The van der Waals surface area contributed by atoms with Gasteiger partial charge in [0.15, 0.2) is 0 Å². The Hall–Kier alpha value is -5.41. The van der Waals surface area contributed by atoms with Crippen molar-refractivity contribution < 1.29 is 47.0 Å². The summed E-state index contributed by atoms with van der Waals surface area (Å²) in [6.07, 6.45) is 4.25. The van der Waals surface area contributed by atoms with Gasteiger partial charge in [0.2, 0.25) is 44.5 Å². The second-order valence-corrected chi connectivity index (χ2v) is 12.0. The quantitative estimate of drug-likeness (QED) is 0.0408. The maximum absolute atomic E-state index is 12.8. The average Bonchev–Trinajstić information content (AvgIpc) is 3.04. The zero-order valence-corrected chi connectivity index (χ0v) is 26.9. The summed E-state index contributed by atoms with van der Waals surface area (Å²) in [4.78, 5) is 79.6. The zero-order chi connectivity index (χ0) is 35.4. The summed E-state index contributed by atoms with van der Waals surface area (Å²) in [6.45, 7) is -1.64. The zero-order valence-electron chi connectivity index (χ0n) is 26.1. The van der Waals surface area contributed by atoms with E-state index in [4.69, 9.17) is 9.84 Å². The van der Waals surface area contributed by atoms with Crippen LogP contribution in [0.5, 0.6) is 0 Å². The van der Waals surface area contributed by atoms with Crippen LogP contribution in [0.2, 0.25) is 0 Å². The van der Waals surface area contributed by atoms with Gasteiger partial charge < -0.3 is 36.4 Å². The van der Waals surface area contributed by atoms with Gasteiger partial charge in [0.1, 0.15) is 12.8 Å². The molecule has 2 aromatic rings. The van der Waals surface area contributed by atoms with Crippen LogP contribution < -0.4 is 26.6 Å². The number of carbonyl (C=O) groups is 6. The molecule has 1 atom stereocenters. The van der Waals surface area contributed by atoms with Crippen LogP contribution in [-0.2, 0) is 49.8 Å². The van der Waals surface area contributed by atoms with Crippen LogP contribution in [0.15, 0.2) is 47.9 Å². The number of carboxylic acid groups (broad SMARTS) is 1. The topological polar surface area (TPSA) is 252 Å². The fraction of sp³-hybridized carbons (Fsp3) is 0.400. The number of unbranched alkanes of at least 4 members (excludes halogenated alkanes) is 1. The van der Waals surface area contributed by atoms with Crippen LogP contribution in [0.25, 0.3) is 0 Å². The predicted molar refractivity (Wildman–Crippen MR) is 168 cm³/mol. The molecule has 1 aromatic carbocycles. The van der Waals surface area contributed by atoms with Gasteiger partial charge in [0.25, 0.3) is 0 Å². The molecule has 0 unspecified atom stereocenters. The number of benzene rings is 1. The largest absolute Gasteiger partial charge is 0.481 e. The highest BCUT2D eigenvalue weighted by Gasteiger charge is 2.22. The van der Waals surface area contributed by atoms with E-state index in [1.807, 2.05) is 0 Å². The molecule has 0 aliphatic heterocycles. The molecule has 0 spiro atoms. The first-order valence-electron chi connectivity index (χ1n) is 14.5. The molecule has 0 saturated heterocycles. The molecule has 258 valence electrons. The maximum Gasteiger partial charge on any atom is 0.305 e. The van der Waals surface area contributed by atoms with Gasteiger partial charge in [-0.2, -0.15) is 0 Å². The molecular formula is C30H37N7O10S. The van der Waals surface area contributed by atoms with Gasteiger partial charge in [0.05, 0.1) is 38.2 Å². The molecule has 17 nitrogen and oxygen atoms in total. The number of hydrogen-bond acceptors (Lipinski definition) is 11. The number of aromatic nitrogens is 2. The molecule has 5 amide bonds. The highest BCUT2D eigenvalue weighted by molar-refractivity contribution is 7.90. The Morgan fingerprint density at radius 2 is 1.48 bits per heavy atom. The molecule has 1 heterocycles. The lowest BCUT2D eigenvalue weighted by Crippen LogP contribution is -2.52. The third-order valence-corrected chi connectivity index (χ3v) is 6.85. The summed E-state index contributed by atoms with van der Waals surface area (Å²) in [5, 5.41) is 20.4. The van der Waals surface area contributed by atoms with Gasteiger partial charge >= 0.3 is 5.97 Å². The van der Waals surface area contributed by atoms with E-state index in [-0.39, 0.29) is 44.3 Å². The molecule has 6 N–H and O–H groups in total. The Labute approximate surface area is 276 Å². The monoisotopic (exact) mass is 687 g/mol. The van der Waals surface area contributed by atoms with Gasteiger partial charge in [-0.1, -0.05) is 42.2 Å². The minimum Gasteiger partial charge on any atom is -0.481 e. The smallest absolute Gasteiger partial charge is 0.305 e. The van der Waals surface area contributed by atoms with Gasteiger partial charge in [0, 0.05) is 37.9 Å². The number of carboxylic acids is 1. The van der Waals surface area contributed by atoms with Gasteiger partial charge in [-0.3, -0.25) is 28.8 Å². The summed E-state index contributed by atoms with van der Waals surface area (Å²) in [7, 11) is -3.51. The Balaban J connectivity index is 1.72. The maximum atomic E-state index is 12.8. The number of rotatable bonds is 19. The lowest BCUT2D eigenvalue weighted by Gasteiger charge is -2.19. The van der Waals surface area contributed by atoms with Crippen LogP contribution >= 0.6 is 0 Å². The van der Waals surface area contributed by atoms with Crippen molar-refractivity contribution in [1.29, 1.82) is 0 Å². The molecular weight excluding hydrogens is 650 g/mol. The van der Waals surface area contributed by atoms with Crippen molar-refractivity contribution in [2.45, 2.75) is 43.3 Å². The molecule has 18 heteroatoms. The van der Waals surface area contributed by atoms with Crippen molar-refractivity contribution >= 4 is 45.3 Å². The predicted octanol–water partition coefficient (Wildman–Crippen LogP) is -1.96. The fourth-order valence-electron chi connectivity index (χ4n) is 3.60. The lowest BCUT2D eigenvalue weighted by atomic mass is 10.1. The Morgan fingerprint density at radius 1 is 0.854 bits per heavy atom. The van der Waals surface area contributed by atoms with Crippen molar-refractivity contribution in [3.63, 3.8) is 0 Å². The standard InChI is InChI=1S/C30H37N7O10S/c1-48(45,46)30-34-15-22(16-35-30)10-6-3-7-11-24(38)31-17-25(39)32-19-27(41)37-23(14-21-8-4-2-5-9-21)29(44)33-18-26(40)36-20-47-13-12-28(42)43/h2,4-5,8-9,15-16,23H,3,7,11-14,17-20H2,1H3,(H,31,38)(H,32,39)(H,33,44)(H,36,40)(H,37,41)(H,42,43)/t23-/m0/s1. The summed E-state index contributed by atoms with van der Waals surface area (Å²) in [6, 6.07) is 7.71. The van der Waals surface area contributed by atoms with Crippen molar-refractivity contribution in [1.82, 2.24) is 36.6 Å². The van der Waals surface area contributed by atoms with Crippen LogP contribution in [-0.4, -0.2) is 104 Å². The molecule has 0 fully saturated rings. The summed E-state index contributed by atoms with van der Waals surface area (Å²) in [5.41, 5.74) is 1.14. The van der Waals surface area contributed by atoms with Crippen LogP contribution in [0.1, 0.15) is 36.8 Å². The van der Waals surface area contributed by atoms with E-state index in [1.165, 1.54) is 12.4 Å². The van der Waals surface area contributed by atoms with E-state index in [0.717, 1.165) is 11.8 Å². The third kappa shape index (κ3) is 16.8. The Morgan fingerprint density at radius 3 is 2.15 bits per heavy atom. The van der Waals surface area contributed by atoms with Crippen molar-refractivity contribution in [3.05, 3.63) is 53.9 Å². The van der Waals surface area contributed by atoms with Crippen molar-refractivity contribution in [2.24, 2.45) is 0 Å². The Bertz CT molecular complexity index is 1590. The SMILES string of the molecule is CS(=O)(=O)c1ncc(C#CCCCC(=O)NCC(=O)NCC(=O)N[C@@H](Cc2ccccc2)C(=O)NCC(=O)NCOCCC(=O)O)cn1. The number of nitrogens with zero attached hydrogens (tertiary/aromatic N) is 2. The molecule has 0 aliphatic carbocycles. The number of ether oxygens (including phenoxy) is 1. The van der Waals surface area contributed by atoms with E-state index < -0.39 is 64.5 Å². The first kappa shape index (κ1) is 38.8. The number of sulfone groups is 1. The van der Waals surface area contributed by atoms with Gasteiger partial charge in [-0.05, 0) is 12.0 Å². The third-order valence-electron chi connectivity index (χ3n) is 5.98. The second kappa shape index (κ2) is 20.7. The minimum atomic E-state index is -3.51. The number of nitrogens with one attached hydrogen (secondary N) is 5. The number of carbonyl (C=O) groups excluding carboxylic acids is 5. The van der Waals surface area contributed by atoms with Gasteiger partial charge in [-0.15, -0.1) is 0 Å². The van der Waals surface area contributed by atoms with Gasteiger partial charge in [-0.25, -0.2) is 18.4 Å². The van der Waals surface area contributed by atoms with Crippen LogP contribution in [0, 0.1) is 11.8 Å². The normalized spacial score (nSPS) is 11.2. The first-order valence-corrected chi connectivity index (χ1v) is 16.4. The van der Waals surface area contributed by atoms with E-state index in [2.05, 4.69) is 48.4 Å².